The Labute approximate surface area is 129 Å². The molecule has 9 nitrogen and oxygen atoms in total. The van der Waals surface area contributed by atoms with Gasteiger partial charge in [0.1, 0.15) is 5.57 Å². The van der Waals surface area contributed by atoms with E-state index in [2.05, 4.69) is 0 Å². The molecule has 1 aromatic carbocycles. The highest BCUT2D eigenvalue weighted by atomic mass is 16.6. The van der Waals surface area contributed by atoms with E-state index in [0.717, 1.165) is 0 Å². The summed E-state index contributed by atoms with van der Waals surface area (Å²) in [5, 5.41) is 38.1. The van der Waals surface area contributed by atoms with Crippen LogP contribution in [0.25, 0.3) is 0 Å². The molecule has 1 aliphatic heterocycles. The van der Waals surface area contributed by atoms with Crippen LogP contribution >= 0.6 is 0 Å². The number of nitro benzene ring substituents is 1. The lowest BCUT2D eigenvalue weighted by molar-refractivity contribution is -0.384. The smallest absolute Gasteiger partial charge is 0.346 e. The van der Waals surface area contributed by atoms with Gasteiger partial charge in [-0.3, -0.25) is 14.9 Å². The summed E-state index contributed by atoms with van der Waals surface area (Å²) in [4.78, 5) is 33.7. The van der Waals surface area contributed by atoms with Crippen molar-refractivity contribution in [3.63, 3.8) is 0 Å². The Balaban J connectivity index is 2.14. The largest absolute Gasteiger partial charge is 0.507 e. The number of non-ortho nitro benzene ring substituents is 1. The van der Waals surface area contributed by atoms with Crippen LogP contribution in [-0.4, -0.2) is 44.4 Å². The van der Waals surface area contributed by atoms with Gasteiger partial charge in [0, 0.05) is 25.0 Å². The Kier molecular flexibility index (Phi) is 4.72. The number of benzene rings is 1. The molecule has 1 aromatic rings. The van der Waals surface area contributed by atoms with E-state index in [-0.39, 0.29) is 12.1 Å². The molecular formula is C14H13NO8. The number of rotatable bonds is 6. The third-order valence-electron chi connectivity index (χ3n) is 3.23. The number of Topliss-reactive ketones (excluding diaryl/α,β-unsaturated/α-hetero) is 1. The first-order chi connectivity index (χ1) is 10.8. The van der Waals surface area contributed by atoms with E-state index in [1.165, 1.54) is 24.3 Å². The van der Waals surface area contributed by atoms with Crippen LogP contribution in [-0.2, 0) is 20.7 Å². The average Bonchev–Trinajstić information content (AvgIpc) is 2.73. The molecule has 2 rings (SSSR count). The molecule has 0 radical (unpaired) electrons. The number of nitrogens with zero attached hydrogens (tertiary/aromatic N) is 1. The number of aliphatic hydroxyl groups excluding tert-OH is 2. The summed E-state index contributed by atoms with van der Waals surface area (Å²) in [7, 11) is 0. The summed E-state index contributed by atoms with van der Waals surface area (Å²) in [5.41, 5.74) is -0.270. The Morgan fingerprint density at radius 1 is 1.30 bits per heavy atom. The minimum Gasteiger partial charge on any atom is -0.507 e. The van der Waals surface area contributed by atoms with E-state index in [1.807, 2.05) is 0 Å². The predicted octanol–water partition coefficient (Wildman–Crippen LogP) is 0.145. The van der Waals surface area contributed by atoms with Gasteiger partial charge >= 0.3 is 5.97 Å². The number of ether oxygens (including phenoxy) is 1. The first kappa shape index (κ1) is 16.6. The van der Waals surface area contributed by atoms with Crippen molar-refractivity contribution in [2.24, 2.45) is 0 Å². The third-order valence-corrected chi connectivity index (χ3v) is 3.23. The summed E-state index contributed by atoms with van der Waals surface area (Å²) < 4.78 is 4.71. The molecule has 0 bridgehead atoms. The third kappa shape index (κ3) is 3.71. The maximum atomic E-state index is 12.1. The van der Waals surface area contributed by atoms with E-state index in [0.29, 0.717) is 5.56 Å². The number of hydrogen-bond acceptors (Lipinski definition) is 8. The van der Waals surface area contributed by atoms with Crippen molar-refractivity contribution >= 4 is 17.4 Å². The number of cyclic esters (lactones) is 1. The normalized spacial score (nSPS) is 17.5. The van der Waals surface area contributed by atoms with Crippen LogP contribution in [0.2, 0.25) is 0 Å². The number of nitro groups is 1. The van der Waals surface area contributed by atoms with Crippen molar-refractivity contribution in [3.8, 4) is 0 Å². The van der Waals surface area contributed by atoms with E-state index in [1.54, 1.807) is 0 Å². The molecule has 0 aliphatic carbocycles. The van der Waals surface area contributed by atoms with Gasteiger partial charge in [-0.05, 0) is 5.56 Å². The van der Waals surface area contributed by atoms with Crippen LogP contribution in [0.1, 0.15) is 12.0 Å². The Morgan fingerprint density at radius 3 is 2.43 bits per heavy atom. The van der Waals surface area contributed by atoms with Crippen LogP contribution in [0.4, 0.5) is 5.69 Å². The van der Waals surface area contributed by atoms with E-state index < -0.39 is 46.8 Å². The maximum absolute atomic E-state index is 12.1. The fraction of sp³-hybridized carbons (Fsp3) is 0.286. The zero-order valence-electron chi connectivity index (χ0n) is 11.7. The molecule has 0 spiro atoms. The van der Waals surface area contributed by atoms with E-state index >= 15 is 0 Å². The van der Waals surface area contributed by atoms with Crippen molar-refractivity contribution in [1.82, 2.24) is 0 Å². The van der Waals surface area contributed by atoms with Crippen LogP contribution in [0.3, 0.4) is 0 Å². The van der Waals surface area contributed by atoms with Crippen molar-refractivity contribution in [2.75, 3.05) is 0 Å². The highest BCUT2D eigenvalue weighted by molar-refractivity contribution is 6.19. The molecule has 0 amide bonds. The predicted molar refractivity (Wildman–Crippen MR) is 74.2 cm³/mol. The number of ketones is 1. The Hall–Kier alpha value is -2.78. The molecule has 1 atom stereocenters. The first-order valence-corrected chi connectivity index (χ1v) is 6.56. The van der Waals surface area contributed by atoms with Gasteiger partial charge in [-0.15, -0.1) is 0 Å². The Bertz CT molecular complexity index is 677. The molecule has 23 heavy (non-hydrogen) atoms. The Morgan fingerprint density at radius 2 is 1.91 bits per heavy atom. The van der Waals surface area contributed by atoms with Gasteiger partial charge in [-0.2, -0.15) is 0 Å². The maximum Gasteiger partial charge on any atom is 0.346 e. The number of hydrogen-bond donors (Lipinski definition) is 3. The highest BCUT2D eigenvalue weighted by Gasteiger charge is 2.38. The van der Waals surface area contributed by atoms with Gasteiger partial charge in [0.25, 0.3) is 5.69 Å². The first-order valence-electron chi connectivity index (χ1n) is 6.56. The SMILES string of the molecule is O=C(Cc1ccc([N+](=O)[O-])cc1)C1=C(O)C(CC(O)O)OC1=O. The summed E-state index contributed by atoms with van der Waals surface area (Å²) >= 11 is 0. The summed E-state index contributed by atoms with van der Waals surface area (Å²) in [5.74, 6) is -2.41. The molecule has 3 N–H and O–H groups in total. The molecule has 0 saturated carbocycles. The van der Waals surface area contributed by atoms with Gasteiger partial charge in [0.05, 0.1) is 4.92 Å². The molecule has 1 aliphatic rings. The van der Waals surface area contributed by atoms with Crippen molar-refractivity contribution in [1.29, 1.82) is 0 Å². The number of carbonyl (C=O) groups is 2. The quantitative estimate of drug-likeness (QED) is 0.220. The summed E-state index contributed by atoms with van der Waals surface area (Å²) in [6.45, 7) is 0. The summed E-state index contributed by atoms with van der Waals surface area (Å²) in [6, 6.07) is 5.16. The molecule has 0 fully saturated rings. The topological polar surface area (TPSA) is 147 Å². The fourth-order valence-electron chi connectivity index (χ4n) is 2.13. The van der Waals surface area contributed by atoms with Gasteiger partial charge in [0.15, 0.2) is 23.9 Å². The van der Waals surface area contributed by atoms with Crippen molar-refractivity contribution in [3.05, 3.63) is 51.3 Å². The number of esters is 1. The highest BCUT2D eigenvalue weighted by Crippen LogP contribution is 2.25. The van der Waals surface area contributed by atoms with Crippen LogP contribution in [0, 0.1) is 10.1 Å². The van der Waals surface area contributed by atoms with Crippen molar-refractivity contribution in [2.45, 2.75) is 25.2 Å². The molecule has 122 valence electrons. The van der Waals surface area contributed by atoms with Gasteiger partial charge in [-0.1, -0.05) is 12.1 Å². The van der Waals surface area contributed by atoms with E-state index in [4.69, 9.17) is 14.9 Å². The number of aliphatic hydroxyl groups is 3. The molecule has 9 heteroatoms. The van der Waals surface area contributed by atoms with Gasteiger partial charge in [-0.25, -0.2) is 4.79 Å². The molecule has 0 saturated heterocycles. The van der Waals surface area contributed by atoms with Crippen LogP contribution in [0.15, 0.2) is 35.6 Å². The standard InChI is InChI=1S/C14H13NO8/c16-9(5-7-1-3-8(4-2-7)15(21)22)12-13(19)10(6-11(17)18)23-14(12)20/h1-4,10-11,17-19H,5-6H2. The monoisotopic (exact) mass is 323 g/mol. The van der Waals surface area contributed by atoms with Crippen LogP contribution in [0.5, 0.6) is 0 Å². The van der Waals surface area contributed by atoms with Crippen molar-refractivity contribution < 1.29 is 34.6 Å². The molecular weight excluding hydrogens is 310 g/mol. The zero-order chi connectivity index (χ0) is 17.1. The molecule has 1 unspecified atom stereocenters. The minimum atomic E-state index is -1.81. The lowest BCUT2D eigenvalue weighted by Crippen LogP contribution is -2.19. The van der Waals surface area contributed by atoms with Gasteiger partial charge in [0.2, 0.25) is 0 Å². The zero-order valence-corrected chi connectivity index (χ0v) is 11.7. The van der Waals surface area contributed by atoms with Gasteiger partial charge < -0.3 is 20.1 Å². The second kappa shape index (κ2) is 6.55. The second-order valence-electron chi connectivity index (χ2n) is 4.89. The summed E-state index contributed by atoms with van der Waals surface area (Å²) in [6.07, 6.45) is -3.80. The molecule has 1 heterocycles. The minimum absolute atomic E-state index is 0.138. The molecule has 0 aromatic heterocycles. The number of carbonyl (C=O) groups excluding carboxylic acids is 2. The lowest BCUT2D eigenvalue weighted by atomic mass is 10.0. The van der Waals surface area contributed by atoms with E-state index in [9.17, 15) is 24.8 Å². The lowest BCUT2D eigenvalue weighted by Gasteiger charge is -2.10. The second-order valence-corrected chi connectivity index (χ2v) is 4.89. The fourth-order valence-corrected chi connectivity index (χ4v) is 2.13. The van der Waals surface area contributed by atoms with Crippen LogP contribution < -0.4 is 0 Å². The average molecular weight is 323 g/mol.